The first-order valence-electron chi connectivity index (χ1n) is 11.8. The average molecular weight is 449 g/mol. The van der Waals surface area contributed by atoms with Gasteiger partial charge in [-0.15, -0.1) is 0 Å². The molecule has 1 aromatic rings. The molecule has 1 aromatic carbocycles. The van der Waals surface area contributed by atoms with Crippen LogP contribution in [0.25, 0.3) is 0 Å². The van der Waals surface area contributed by atoms with E-state index in [1.54, 1.807) is 19.1 Å². The molecule has 4 aliphatic carbocycles. The van der Waals surface area contributed by atoms with Gasteiger partial charge < -0.3 is 14.4 Å². The Kier molecular flexibility index (Phi) is 6.25. The molecule has 6 nitrogen and oxygen atoms in total. The lowest BCUT2D eigenvalue weighted by Gasteiger charge is -2.57. The minimum atomic E-state index is -3.54. The molecule has 7 heteroatoms. The molecule has 0 spiro atoms. The smallest absolute Gasteiger partial charge is 0.318 e. The zero-order chi connectivity index (χ0) is 22.2. The third kappa shape index (κ3) is 5.02. The van der Waals surface area contributed by atoms with E-state index < -0.39 is 10.1 Å². The van der Waals surface area contributed by atoms with Gasteiger partial charge in [0.15, 0.2) is 0 Å². The molecular weight excluding hydrogens is 412 g/mol. The van der Waals surface area contributed by atoms with Crippen molar-refractivity contribution >= 4 is 16.1 Å². The molecule has 5 rings (SSSR count). The maximum absolute atomic E-state index is 13.4. The fraction of sp³-hybridized carbons (Fsp3) is 0.708. The van der Waals surface area contributed by atoms with E-state index in [-0.39, 0.29) is 23.4 Å². The van der Waals surface area contributed by atoms with Crippen molar-refractivity contribution in [3.05, 3.63) is 29.8 Å². The molecule has 0 aliphatic heterocycles. The van der Waals surface area contributed by atoms with E-state index in [1.807, 2.05) is 17.0 Å². The topological polar surface area (TPSA) is 75.7 Å². The maximum Gasteiger partial charge on any atom is 0.318 e. The highest BCUT2D eigenvalue weighted by Crippen LogP contribution is 2.55. The molecule has 0 radical (unpaired) electrons. The molecule has 4 aliphatic rings. The first kappa shape index (κ1) is 22.4. The van der Waals surface area contributed by atoms with Gasteiger partial charge in [0.1, 0.15) is 5.75 Å². The van der Waals surface area contributed by atoms with Crippen molar-refractivity contribution in [2.45, 2.75) is 83.8 Å². The average Bonchev–Trinajstić information content (AvgIpc) is 2.71. The van der Waals surface area contributed by atoms with Crippen molar-refractivity contribution in [3.63, 3.8) is 0 Å². The highest BCUT2D eigenvalue weighted by molar-refractivity contribution is 7.87. The Morgan fingerprint density at radius 1 is 1.10 bits per heavy atom. The molecule has 1 unspecified atom stereocenters. The summed E-state index contributed by atoms with van der Waals surface area (Å²) in [6.07, 6.45) is 8.35. The second-order valence-corrected chi connectivity index (χ2v) is 11.9. The molecule has 4 saturated carbocycles. The zero-order valence-electron chi connectivity index (χ0n) is 19.0. The minimum absolute atomic E-state index is 0.0102. The van der Waals surface area contributed by atoms with E-state index in [2.05, 4.69) is 19.2 Å². The number of nitrogens with zero attached hydrogens (tertiary/aromatic N) is 1. The van der Waals surface area contributed by atoms with Crippen molar-refractivity contribution in [2.24, 2.45) is 17.8 Å². The van der Waals surface area contributed by atoms with Crippen LogP contribution in [0.1, 0.15) is 71.3 Å². The van der Waals surface area contributed by atoms with Crippen molar-refractivity contribution in [3.8, 4) is 5.75 Å². The van der Waals surface area contributed by atoms with E-state index in [0.717, 1.165) is 49.0 Å². The Morgan fingerprint density at radius 3 is 2.13 bits per heavy atom. The van der Waals surface area contributed by atoms with Gasteiger partial charge >= 0.3 is 16.1 Å². The number of rotatable bonds is 8. The number of hydrogen-bond donors (Lipinski definition) is 1. The van der Waals surface area contributed by atoms with Crippen LogP contribution in [0.2, 0.25) is 0 Å². The fourth-order valence-electron chi connectivity index (χ4n) is 6.26. The quantitative estimate of drug-likeness (QED) is 0.585. The van der Waals surface area contributed by atoms with Crippen LogP contribution in [0.15, 0.2) is 24.3 Å². The number of benzene rings is 1. The summed E-state index contributed by atoms with van der Waals surface area (Å²) in [4.78, 5) is 15.4. The lowest BCUT2D eigenvalue weighted by Crippen LogP contribution is -2.62. The van der Waals surface area contributed by atoms with Crippen LogP contribution < -0.4 is 9.50 Å². The Balaban J connectivity index is 1.44. The van der Waals surface area contributed by atoms with Crippen LogP contribution in [0, 0.1) is 17.8 Å². The SMILES string of the molecule is CCC(C)N(Cc1ccc(OS(=O)(=O)CC)cc1)C(=O)NC12CC3CC(CC(C3)C1)C2. The van der Waals surface area contributed by atoms with Gasteiger partial charge in [-0.1, -0.05) is 19.1 Å². The predicted molar refractivity (Wildman–Crippen MR) is 121 cm³/mol. The van der Waals surface area contributed by atoms with Gasteiger partial charge in [0.05, 0.1) is 5.75 Å². The molecule has 0 heterocycles. The summed E-state index contributed by atoms with van der Waals surface area (Å²) >= 11 is 0. The first-order chi connectivity index (χ1) is 14.7. The largest absolute Gasteiger partial charge is 0.382 e. The lowest BCUT2D eigenvalue weighted by molar-refractivity contribution is -0.0165. The first-order valence-corrected chi connectivity index (χ1v) is 13.4. The molecule has 1 N–H and O–H groups in total. The highest BCUT2D eigenvalue weighted by Gasteiger charge is 2.51. The summed E-state index contributed by atoms with van der Waals surface area (Å²) < 4.78 is 28.4. The van der Waals surface area contributed by atoms with Gasteiger partial charge in [0.2, 0.25) is 0 Å². The van der Waals surface area contributed by atoms with Gasteiger partial charge in [-0.2, -0.15) is 8.42 Å². The Labute approximate surface area is 186 Å². The number of carbonyl (C=O) groups excluding carboxylic acids is 1. The third-order valence-corrected chi connectivity index (χ3v) is 8.80. The van der Waals surface area contributed by atoms with Crippen molar-refractivity contribution in [1.82, 2.24) is 10.2 Å². The van der Waals surface area contributed by atoms with Crippen molar-refractivity contribution in [2.75, 3.05) is 5.75 Å². The van der Waals surface area contributed by atoms with Crippen LogP contribution in [-0.2, 0) is 16.7 Å². The number of hydrogen-bond acceptors (Lipinski definition) is 4. The summed E-state index contributed by atoms with van der Waals surface area (Å²) in [6, 6.07) is 7.15. The van der Waals surface area contributed by atoms with Crippen LogP contribution in [0.4, 0.5) is 4.79 Å². The summed E-state index contributed by atoms with van der Waals surface area (Å²) in [5.41, 5.74) is 0.950. The van der Waals surface area contributed by atoms with E-state index in [4.69, 9.17) is 4.18 Å². The number of nitrogens with one attached hydrogen (secondary N) is 1. The molecule has 0 saturated heterocycles. The lowest BCUT2D eigenvalue weighted by atomic mass is 9.53. The van der Waals surface area contributed by atoms with E-state index >= 15 is 0 Å². The maximum atomic E-state index is 13.4. The number of carbonyl (C=O) groups is 1. The summed E-state index contributed by atoms with van der Waals surface area (Å²) in [5, 5.41) is 3.49. The van der Waals surface area contributed by atoms with Crippen molar-refractivity contribution < 1.29 is 17.4 Å². The summed E-state index contributed by atoms with van der Waals surface area (Å²) in [5.74, 6) is 2.60. The van der Waals surface area contributed by atoms with Gasteiger partial charge in [0.25, 0.3) is 0 Å². The van der Waals surface area contributed by atoms with Crippen molar-refractivity contribution in [1.29, 1.82) is 0 Å². The van der Waals surface area contributed by atoms with E-state index in [9.17, 15) is 13.2 Å². The fourth-order valence-corrected chi connectivity index (χ4v) is 6.79. The number of amides is 2. The van der Waals surface area contributed by atoms with Crippen LogP contribution >= 0.6 is 0 Å². The minimum Gasteiger partial charge on any atom is -0.382 e. The Hall–Kier alpha value is -1.76. The molecule has 31 heavy (non-hydrogen) atoms. The van der Waals surface area contributed by atoms with Gasteiger partial charge in [-0.3, -0.25) is 0 Å². The predicted octanol–water partition coefficient (Wildman–Crippen LogP) is 4.69. The molecule has 4 fully saturated rings. The summed E-state index contributed by atoms with van der Waals surface area (Å²) in [7, 11) is -3.54. The van der Waals surface area contributed by atoms with E-state index in [1.165, 1.54) is 19.3 Å². The zero-order valence-corrected chi connectivity index (χ0v) is 19.8. The third-order valence-electron chi connectivity index (χ3n) is 7.65. The normalized spacial score (nSPS) is 30.1. The molecule has 0 aromatic heterocycles. The molecule has 4 bridgehead atoms. The van der Waals surface area contributed by atoms with Gasteiger partial charge in [0, 0.05) is 18.1 Å². The molecular formula is C24H36N2O4S. The standard InChI is InChI=1S/C24H36N2O4S/c1-4-17(3)26(16-18-6-8-22(9-7-18)30-31(28,29)5-2)23(27)25-24-13-19-10-20(14-24)12-21(11-19)15-24/h6-9,17,19-21H,4-5,10-16H2,1-3H3,(H,25,27). The van der Waals surface area contributed by atoms with Crippen LogP contribution in [0.5, 0.6) is 5.75 Å². The second kappa shape index (κ2) is 8.64. The monoisotopic (exact) mass is 448 g/mol. The summed E-state index contributed by atoms with van der Waals surface area (Å²) in [6.45, 7) is 6.23. The van der Waals surface area contributed by atoms with Gasteiger partial charge in [-0.25, -0.2) is 4.79 Å². The molecule has 2 amide bonds. The molecule has 172 valence electrons. The highest BCUT2D eigenvalue weighted by atomic mass is 32.2. The Morgan fingerprint density at radius 2 is 1.65 bits per heavy atom. The van der Waals surface area contributed by atoms with Crippen LogP contribution in [0.3, 0.4) is 0 Å². The van der Waals surface area contributed by atoms with E-state index in [0.29, 0.717) is 12.3 Å². The van der Waals surface area contributed by atoms with Gasteiger partial charge in [-0.05, 0) is 94.2 Å². The second-order valence-electron chi connectivity index (χ2n) is 10.1. The Bertz CT molecular complexity index is 861. The number of urea groups is 1. The molecule has 1 atom stereocenters. The van der Waals surface area contributed by atoms with Crippen LogP contribution in [-0.4, -0.2) is 36.7 Å².